The number of nitrogens with two attached hydrogens (primary N) is 3. The van der Waals surface area contributed by atoms with Gasteiger partial charge in [0, 0.05) is 25.2 Å². The van der Waals surface area contributed by atoms with Gasteiger partial charge in [0.15, 0.2) is 0 Å². The van der Waals surface area contributed by atoms with E-state index in [1.165, 1.54) is 37.1 Å². The molecule has 8 N–H and O–H groups in total. The van der Waals surface area contributed by atoms with Crippen LogP contribution in [0.15, 0.2) is 107 Å². The Balaban J connectivity index is 0.000000350. The second kappa shape index (κ2) is 18.2. The minimum Gasteiger partial charge on any atom is -0.351 e. The van der Waals surface area contributed by atoms with Crippen molar-refractivity contribution in [2.75, 3.05) is 39.3 Å². The van der Waals surface area contributed by atoms with Gasteiger partial charge in [-0.1, -0.05) is 54.6 Å². The summed E-state index contributed by atoms with van der Waals surface area (Å²) < 4.78 is 44.5. The molecule has 4 aromatic carbocycles. The van der Waals surface area contributed by atoms with E-state index in [-0.39, 0.29) is 15.7 Å². The van der Waals surface area contributed by atoms with Crippen molar-refractivity contribution in [3.8, 4) is 11.1 Å². The topological polar surface area (TPSA) is 191 Å². The Morgan fingerprint density at radius 1 is 0.673 bits per heavy atom. The number of nitrogens with zero attached hydrogens (tertiary/aromatic N) is 1. The van der Waals surface area contributed by atoms with Gasteiger partial charge < -0.3 is 21.3 Å². The van der Waals surface area contributed by atoms with Crippen molar-refractivity contribution in [1.29, 1.82) is 0 Å². The standard InChI is InChI=1S/C28H34N4O3S.C8H12N2O2S/c29-36(34,35)27-11-9-22(10-12-27)13-14-30-21-23-5-3-6-24(19-23)25-7-4-8-26(20-25)28(33)31-15-18-32-16-1-2-17-32;9-6-5-7-1-3-8(4-2-7)13(10,11)12/h3-12,19-20,30H,1-2,13-18,21H2,(H,31,33)(H2,29,34,35);1-4H,5-6,9H2,(H2,10,11,12). The van der Waals surface area contributed by atoms with Crippen molar-refractivity contribution in [3.05, 3.63) is 119 Å². The van der Waals surface area contributed by atoms with Gasteiger partial charge in [-0.25, -0.2) is 27.1 Å². The summed E-state index contributed by atoms with van der Waals surface area (Å²) in [7, 11) is -7.23. The molecular weight excluding hydrogens is 661 g/mol. The molecule has 11 nitrogen and oxygen atoms in total. The zero-order valence-corrected chi connectivity index (χ0v) is 29.2. The van der Waals surface area contributed by atoms with Gasteiger partial charge in [0.25, 0.3) is 5.91 Å². The van der Waals surface area contributed by atoms with Crippen LogP contribution in [0.4, 0.5) is 0 Å². The number of hydrogen-bond donors (Lipinski definition) is 5. The quantitative estimate of drug-likeness (QED) is 0.124. The number of primary sulfonamides is 2. The summed E-state index contributed by atoms with van der Waals surface area (Å²) in [5.74, 6) is -0.0361. The molecular formula is C36H46N6O5S2. The van der Waals surface area contributed by atoms with Crippen molar-refractivity contribution in [2.45, 2.75) is 42.0 Å². The number of rotatable bonds is 14. The molecule has 1 saturated heterocycles. The molecule has 262 valence electrons. The number of hydrogen-bond acceptors (Lipinski definition) is 8. The maximum atomic E-state index is 12.7. The summed E-state index contributed by atoms with van der Waals surface area (Å²) >= 11 is 0. The first kappa shape index (κ1) is 37.9. The summed E-state index contributed by atoms with van der Waals surface area (Å²) in [4.78, 5) is 15.3. The second-order valence-corrected chi connectivity index (χ2v) is 15.1. The second-order valence-electron chi connectivity index (χ2n) is 11.9. The first-order chi connectivity index (χ1) is 23.4. The molecule has 4 aromatic rings. The molecule has 0 aliphatic carbocycles. The molecule has 0 unspecified atom stereocenters. The lowest BCUT2D eigenvalue weighted by Crippen LogP contribution is -2.33. The van der Waals surface area contributed by atoms with Gasteiger partial charge in [0.2, 0.25) is 20.0 Å². The molecule has 0 radical (unpaired) electrons. The number of benzene rings is 4. The van der Waals surface area contributed by atoms with Gasteiger partial charge in [-0.2, -0.15) is 0 Å². The third-order valence-corrected chi connectivity index (χ3v) is 10.0. The fraction of sp³-hybridized carbons (Fsp3) is 0.306. The Bertz CT molecular complexity index is 1880. The zero-order valence-electron chi connectivity index (χ0n) is 27.6. The van der Waals surface area contributed by atoms with E-state index in [4.69, 9.17) is 16.0 Å². The van der Waals surface area contributed by atoms with Gasteiger partial charge in [-0.15, -0.1) is 0 Å². The average molecular weight is 707 g/mol. The van der Waals surface area contributed by atoms with Gasteiger partial charge in [-0.05, 0) is 122 Å². The molecule has 0 atom stereocenters. The SMILES string of the molecule is NCCc1ccc(S(N)(=O)=O)cc1.NS(=O)(=O)c1ccc(CCNCc2cccc(-c3cccc(C(=O)NCCN4CCCC4)c3)c2)cc1. The van der Waals surface area contributed by atoms with E-state index in [0.717, 1.165) is 66.8 Å². The van der Waals surface area contributed by atoms with Crippen molar-refractivity contribution in [1.82, 2.24) is 15.5 Å². The summed E-state index contributed by atoms with van der Waals surface area (Å²) in [5, 5.41) is 16.6. The predicted molar refractivity (Wildman–Crippen MR) is 194 cm³/mol. The largest absolute Gasteiger partial charge is 0.351 e. The molecule has 0 saturated carbocycles. The molecule has 1 fully saturated rings. The van der Waals surface area contributed by atoms with Gasteiger partial charge in [-0.3, -0.25) is 4.79 Å². The van der Waals surface area contributed by atoms with E-state index in [0.29, 0.717) is 25.2 Å². The Morgan fingerprint density at radius 3 is 1.80 bits per heavy atom. The maximum Gasteiger partial charge on any atom is 0.251 e. The Kier molecular flexibility index (Phi) is 14.0. The van der Waals surface area contributed by atoms with Crippen molar-refractivity contribution in [2.24, 2.45) is 16.0 Å². The van der Waals surface area contributed by atoms with Crippen LogP contribution in [0.2, 0.25) is 0 Å². The van der Waals surface area contributed by atoms with Crippen molar-refractivity contribution < 1.29 is 21.6 Å². The van der Waals surface area contributed by atoms with Crippen molar-refractivity contribution >= 4 is 26.0 Å². The summed E-state index contributed by atoms with van der Waals surface area (Å²) in [5.41, 5.74) is 11.3. The van der Waals surface area contributed by atoms with Crippen LogP contribution in [0.5, 0.6) is 0 Å². The predicted octanol–water partition coefficient (Wildman–Crippen LogP) is 2.99. The fourth-order valence-electron chi connectivity index (χ4n) is 5.46. The molecule has 5 rings (SSSR count). The first-order valence-electron chi connectivity index (χ1n) is 16.3. The van der Waals surface area contributed by atoms with Crippen molar-refractivity contribution in [3.63, 3.8) is 0 Å². The van der Waals surface area contributed by atoms with Crippen LogP contribution >= 0.6 is 0 Å². The highest BCUT2D eigenvalue weighted by Gasteiger charge is 2.13. The lowest BCUT2D eigenvalue weighted by Gasteiger charge is -2.15. The highest BCUT2D eigenvalue weighted by molar-refractivity contribution is 7.89. The van der Waals surface area contributed by atoms with Crippen LogP contribution in [0, 0.1) is 0 Å². The Hall–Kier alpha value is -3.95. The van der Waals surface area contributed by atoms with Gasteiger partial charge >= 0.3 is 0 Å². The van der Waals surface area contributed by atoms with E-state index in [1.54, 1.807) is 24.3 Å². The Morgan fingerprint density at radius 2 is 1.22 bits per heavy atom. The number of sulfonamides is 2. The van der Waals surface area contributed by atoms with Gasteiger partial charge in [0.05, 0.1) is 9.79 Å². The Labute approximate surface area is 290 Å². The number of carbonyl (C=O) groups is 1. The molecule has 1 amide bonds. The van der Waals surface area contributed by atoms with E-state index in [9.17, 15) is 21.6 Å². The van der Waals surface area contributed by atoms with E-state index in [2.05, 4.69) is 33.7 Å². The summed E-state index contributed by atoms with van der Waals surface area (Å²) in [6, 6.07) is 29.1. The smallest absolute Gasteiger partial charge is 0.251 e. The average Bonchev–Trinajstić information content (AvgIpc) is 3.61. The first-order valence-corrected chi connectivity index (χ1v) is 19.4. The number of likely N-dealkylation sites (tertiary alicyclic amines) is 1. The summed E-state index contributed by atoms with van der Waals surface area (Å²) in [6.07, 6.45) is 4.02. The highest BCUT2D eigenvalue weighted by atomic mass is 32.2. The van der Waals surface area contributed by atoms with Gasteiger partial charge in [0.1, 0.15) is 0 Å². The maximum absolute atomic E-state index is 12.7. The highest BCUT2D eigenvalue weighted by Crippen LogP contribution is 2.22. The van der Waals surface area contributed by atoms with E-state index in [1.807, 2.05) is 30.3 Å². The van der Waals surface area contributed by atoms with Crippen LogP contribution in [0.25, 0.3) is 11.1 Å². The van der Waals surface area contributed by atoms with Crippen LogP contribution in [0.1, 0.15) is 39.9 Å². The lowest BCUT2D eigenvalue weighted by atomic mass is 10.0. The molecule has 1 aliphatic rings. The molecule has 13 heteroatoms. The van der Waals surface area contributed by atoms with E-state index >= 15 is 0 Å². The molecule has 1 heterocycles. The minimum atomic E-state index is -3.66. The van der Waals surface area contributed by atoms with Crippen LogP contribution in [-0.2, 0) is 39.4 Å². The third kappa shape index (κ3) is 12.5. The lowest BCUT2D eigenvalue weighted by molar-refractivity contribution is 0.0949. The zero-order chi connectivity index (χ0) is 35.3. The summed E-state index contributed by atoms with van der Waals surface area (Å²) in [6.45, 7) is 5.85. The minimum absolute atomic E-state index is 0.0361. The molecule has 0 spiro atoms. The molecule has 49 heavy (non-hydrogen) atoms. The number of carbonyl (C=O) groups excluding carboxylic acids is 1. The molecule has 0 aromatic heterocycles. The third-order valence-electron chi connectivity index (χ3n) is 8.15. The monoisotopic (exact) mass is 706 g/mol. The number of nitrogens with one attached hydrogen (secondary N) is 2. The molecule has 0 bridgehead atoms. The van der Waals surface area contributed by atoms with Crippen LogP contribution in [-0.4, -0.2) is 66.9 Å². The number of amides is 1. The van der Waals surface area contributed by atoms with Crippen LogP contribution in [0.3, 0.4) is 0 Å². The molecule has 1 aliphatic heterocycles. The normalized spacial score (nSPS) is 13.4. The van der Waals surface area contributed by atoms with Crippen LogP contribution < -0.4 is 26.6 Å². The fourth-order valence-corrected chi connectivity index (χ4v) is 6.49. The van der Waals surface area contributed by atoms with E-state index < -0.39 is 20.0 Å².